The predicted octanol–water partition coefficient (Wildman–Crippen LogP) is 4.65. The number of thiazole rings is 1. The Morgan fingerprint density at radius 2 is 1.90 bits per heavy atom. The molecule has 2 saturated heterocycles. The Balaban J connectivity index is 1.22. The fourth-order valence-corrected chi connectivity index (χ4v) is 5.70. The van der Waals surface area contributed by atoms with Gasteiger partial charge in [-0.2, -0.15) is 0 Å². The van der Waals surface area contributed by atoms with Crippen LogP contribution in [0.3, 0.4) is 0 Å². The Morgan fingerprint density at radius 3 is 2.71 bits per heavy atom. The molecule has 2 aliphatic rings. The van der Waals surface area contributed by atoms with Crippen molar-refractivity contribution in [1.82, 2.24) is 9.88 Å². The number of rotatable bonds is 3. The van der Waals surface area contributed by atoms with Crippen LogP contribution < -0.4 is 9.80 Å². The van der Waals surface area contributed by atoms with Gasteiger partial charge in [-0.25, -0.2) is 9.37 Å². The number of aromatic nitrogens is 1. The molecule has 0 aliphatic carbocycles. The maximum absolute atomic E-state index is 13.5. The van der Waals surface area contributed by atoms with Gasteiger partial charge in [0.2, 0.25) is 5.91 Å². The molecule has 1 atom stereocenters. The van der Waals surface area contributed by atoms with Crippen molar-refractivity contribution in [2.45, 2.75) is 12.8 Å². The van der Waals surface area contributed by atoms with Crippen LogP contribution in [-0.4, -0.2) is 55.1 Å². The molecule has 8 heteroatoms. The maximum Gasteiger partial charge on any atom is 0.227 e. The molecule has 0 saturated carbocycles. The normalized spacial score (nSPS) is 19.8. The lowest BCUT2D eigenvalue weighted by molar-refractivity contribution is -0.136. The smallest absolute Gasteiger partial charge is 0.227 e. The molecule has 5 rings (SSSR count). The van der Waals surface area contributed by atoms with E-state index >= 15 is 0 Å². The van der Waals surface area contributed by atoms with Crippen molar-refractivity contribution in [3.05, 3.63) is 53.3 Å². The molecule has 1 amide bonds. The van der Waals surface area contributed by atoms with Gasteiger partial charge in [-0.15, -0.1) is 0 Å². The van der Waals surface area contributed by atoms with Crippen molar-refractivity contribution in [2.75, 3.05) is 49.1 Å². The summed E-state index contributed by atoms with van der Waals surface area (Å²) in [5.41, 5.74) is 1.92. The molecule has 0 spiro atoms. The van der Waals surface area contributed by atoms with Gasteiger partial charge >= 0.3 is 0 Å². The summed E-state index contributed by atoms with van der Waals surface area (Å²) < 4.78 is 14.4. The molecule has 2 aliphatic heterocycles. The quantitative estimate of drug-likeness (QED) is 0.572. The van der Waals surface area contributed by atoms with Crippen LogP contribution in [0.5, 0.6) is 0 Å². The second-order valence-corrected chi connectivity index (χ2v) is 9.63. The minimum atomic E-state index is -0.244. The Kier molecular flexibility index (Phi) is 5.71. The summed E-state index contributed by atoms with van der Waals surface area (Å²) in [5.74, 6) is -0.0240. The fourth-order valence-electron chi connectivity index (χ4n) is 4.49. The number of piperazine rings is 1. The van der Waals surface area contributed by atoms with E-state index in [4.69, 9.17) is 11.6 Å². The SMILES string of the molecule is O=C(C1CCCN(c2nc3ccc(F)cc3s2)C1)N1CCN(c2cccc(Cl)c2)CC1. The molecule has 31 heavy (non-hydrogen) atoms. The lowest BCUT2D eigenvalue weighted by atomic mass is 9.96. The summed E-state index contributed by atoms with van der Waals surface area (Å²) in [4.78, 5) is 24.4. The number of fused-ring (bicyclic) bond motifs is 1. The number of halogens is 2. The Bertz CT molecular complexity index is 1100. The van der Waals surface area contributed by atoms with E-state index < -0.39 is 0 Å². The van der Waals surface area contributed by atoms with Crippen molar-refractivity contribution in [3.63, 3.8) is 0 Å². The molecule has 2 fully saturated rings. The van der Waals surface area contributed by atoms with Gasteiger partial charge in [-0.1, -0.05) is 29.0 Å². The Labute approximate surface area is 190 Å². The lowest BCUT2D eigenvalue weighted by Crippen LogP contribution is -2.52. The van der Waals surface area contributed by atoms with Gasteiger partial charge in [-0.3, -0.25) is 4.79 Å². The number of carbonyl (C=O) groups is 1. The van der Waals surface area contributed by atoms with Gasteiger partial charge in [0.25, 0.3) is 0 Å². The summed E-state index contributed by atoms with van der Waals surface area (Å²) in [6.07, 6.45) is 1.87. The molecule has 3 aromatic rings. The van der Waals surface area contributed by atoms with Crippen molar-refractivity contribution < 1.29 is 9.18 Å². The van der Waals surface area contributed by atoms with E-state index in [1.54, 1.807) is 6.07 Å². The zero-order valence-electron chi connectivity index (χ0n) is 17.1. The van der Waals surface area contributed by atoms with Gasteiger partial charge in [0.15, 0.2) is 5.13 Å². The molecule has 0 bridgehead atoms. The number of amides is 1. The molecular weight excluding hydrogens is 435 g/mol. The van der Waals surface area contributed by atoms with Crippen LogP contribution in [0.4, 0.5) is 15.2 Å². The molecule has 3 heterocycles. The Hall–Kier alpha value is -2.38. The second kappa shape index (κ2) is 8.63. The highest BCUT2D eigenvalue weighted by atomic mass is 35.5. The van der Waals surface area contributed by atoms with Crippen LogP contribution in [0, 0.1) is 11.7 Å². The van der Waals surface area contributed by atoms with E-state index in [0.29, 0.717) is 6.54 Å². The van der Waals surface area contributed by atoms with Crippen molar-refractivity contribution in [3.8, 4) is 0 Å². The van der Waals surface area contributed by atoms with Crippen LogP contribution >= 0.6 is 22.9 Å². The number of carbonyl (C=O) groups excluding carboxylic acids is 1. The third-order valence-electron chi connectivity index (χ3n) is 6.15. The van der Waals surface area contributed by atoms with Crippen LogP contribution in [0.1, 0.15) is 12.8 Å². The second-order valence-electron chi connectivity index (χ2n) is 8.19. The monoisotopic (exact) mass is 458 g/mol. The number of nitrogens with zero attached hydrogens (tertiary/aromatic N) is 4. The summed E-state index contributed by atoms with van der Waals surface area (Å²) >= 11 is 7.62. The van der Waals surface area contributed by atoms with E-state index in [-0.39, 0.29) is 17.6 Å². The first-order valence-electron chi connectivity index (χ1n) is 10.7. The molecule has 0 N–H and O–H groups in total. The van der Waals surface area contributed by atoms with Crippen molar-refractivity contribution in [2.24, 2.45) is 5.92 Å². The van der Waals surface area contributed by atoms with Gasteiger partial charge in [0.05, 0.1) is 16.1 Å². The standard InChI is InChI=1S/C23H24ClFN4OS/c24-17-4-1-5-19(13-17)27-9-11-28(12-10-27)22(30)16-3-2-8-29(15-16)23-26-20-7-6-18(25)14-21(20)31-23/h1,4-7,13-14,16H,2-3,8-12,15H2. The summed E-state index contributed by atoms with van der Waals surface area (Å²) in [7, 11) is 0. The van der Waals surface area contributed by atoms with E-state index in [9.17, 15) is 9.18 Å². The van der Waals surface area contributed by atoms with E-state index in [2.05, 4.69) is 20.9 Å². The van der Waals surface area contributed by atoms with Crippen molar-refractivity contribution in [1.29, 1.82) is 0 Å². The third kappa shape index (κ3) is 4.34. The van der Waals surface area contributed by atoms with E-state index in [0.717, 1.165) is 71.6 Å². The van der Waals surface area contributed by atoms with Gasteiger partial charge in [-0.05, 0) is 49.2 Å². The number of hydrogen-bond acceptors (Lipinski definition) is 5. The highest BCUT2D eigenvalue weighted by molar-refractivity contribution is 7.22. The topological polar surface area (TPSA) is 39.7 Å². The minimum Gasteiger partial charge on any atom is -0.368 e. The zero-order chi connectivity index (χ0) is 21.4. The largest absolute Gasteiger partial charge is 0.368 e. The van der Waals surface area contributed by atoms with E-state index in [1.807, 2.05) is 23.1 Å². The number of benzene rings is 2. The molecule has 1 unspecified atom stereocenters. The van der Waals surface area contributed by atoms with E-state index in [1.165, 1.54) is 23.5 Å². The number of hydrogen-bond donors (Lipinski definition) is 0. The lowest BCUT2D eigenvalue weighted by Gasteiger charge is -2.39. The first kappa shape index (κ1) is 20.5. The average Bonchev–Trinajstić information content (AvgIpc) is 3.22. The van der Waals surface area contributed by atoms with Crippen LogP contribution in [-0.2, 0) is 4.79 Å². The summed E-state index contributed by atoms with van der Waals surface area (Å²) in [6, 6.07) is 12.6. The maximum atomic E-state index is 13.5. The predicted molar refractivity (Wildman–Crippen MR) is 125 cm³/mol. The molecular formula is C23H24ClFN4OS. The number of piperidine rings is 1. The number of anilines is 2. The molecule has 162 valence electrons. The highest BCUT2D eigenvalue weighted by Gasteiger charge is 2.32. The van der Waals surface area contributed by atoms with Crippen LogP contribution in [0.2, 0.25) is 5.02 Å². The first-order chi connectivity index (χ1) is 15.1. The summed E-state index contributed by atoms with van der Waals surface area (Å²) in [6.45, 7) is 4.63. The fraction of sp³-hybridized carbons (Fsp3) is 0.391. The zero-order valence-corrected chi connectivity index (χ0v) is 18.7. The first-order valence-corrected chi connectivity index (χ1v) is 11.9. The summed E-state index contributed by atoms with van der Waals surface area (Å²) in [5, 5.41) is 1.61. The minimum absolute atomic E-state index is 0.0183. The molecule has 0 radical (unpaired) electrons. The Morgan fingerprint density at radius 1 is 1.06 bits per heavy atom. The average molecular weight is 459 g/mol. The van der Waals surface area contributed by atoms with Crippen LogP contribution in [0.25, 0.3) is 10.2 Å². The van der Waals surface area contributed by atoms with Gasteiger partial charge in [0, 0.05) is 50.0 Å². The van der Waals surface area contributed by atoms with Gasteiger partial charge < -0.3 is 14.7 Å². The highest BCUT2D eigenvalue weighted by Crippen LogP contribution is 2.32. The molecule has 2 aromatic carbocycles. The molecule has 5 nitrogen and oxygen atoms in total. The third-order valence-corrected chi connectivity index (χ3v) is 7.46. The molecule has 1 aromatic heterocycles. The van der Waals surface area contributed by atoms with Gasteiger partial charge in [0.1, 0.15) is 5.82 Å². The van der Waals surface area contributed by atoms with Crippen LogP contribution in [0.15, 0.2) is 42.5 Å². The van der Waals surface area contributed by atoms with Crippen molar-refractivity contribution >= 4 is 49.9 Å².